The van der Waals surface area contributed by atoms with Crippen LogP contribution >= 0.6 is 0 Å². The predicted molar refractivity (Wildman–Crippen MR) is 103 cm³/mol. The molecule has 1 aromatic carbocycles. The molecular weight excluding hydrogens is 421 g/mol. The number of sulfone groups is 1. The van der Waals surface area contributed by atoms with Gasteiger partial charge in [0.25, 0.3) is 0 Å². The van der Waals surface area contributed by atoms with E-state index >= 15 is 0 Å². The summed E-state index contributed by atoms with van der Waals surface area (Å²) in [4.78, 5) is 8.01. The minimum absolute atomic E-state index is 0.0192. The Bertz CT molecular complexity index is 1410. The number of halogens is 3. The second-order valence-electron chi connectivity index (χ2n) is 6.71. The van der Waals surface area contributed by atoms with Gasteiger partial charge in [-0.25, -0.2) is 18.4 Å². The second kappa shape index (κ2) is 6.66. The zero-order valence-corrected chi connectivity index (χ0v) is 16.6. The zero-order valence-electron chi connectivity index (χ0n) is 15.8. The SMILES string of the molecule is CCS(=O)(=O)c1c(-c2nc3cc(C(F)(F)F)cnc3n2C)ccc2cc[n+]([O-])cc12. The Balaban J connectivity index is 2.08. The van der Waals surface area contributed by atoms with Crippen molar-refractivity contribution in [3.63, 3.8) is 0 Å². The van der Waals surface area contributed by atoms with Gasteiger partial charge >= 0.3 is 6.18 Å². The zero-order chi connectivity index (χ0) is 21.8. The summed E-state index contributed by atoms with van der Waals surface area (Å²) < 4.78 is 66.9. The first-order chi connectivity index (χ1) is 14.0. The molecule has 3 heterocycles. The summed E-state index contributed by atoms with van der Waals surface area (Å²) in [5.74, 6) is -0.0974. The number of hydrogen-bond acceptors (Lipinski definition) is 5. The highest BCUT2D eigenvalue weighted by Crippen LogP contribution is 2.36. The minimum atomic E-state index is -4.58. The van der Waals surface area contributed by atoms with E-state index in [9.17, 15) is 26.8 Å². The van der Waals surface area contributed by atoms with Gasteiger partial charge in [0.05, 0.1) is 21.6 Å². The highest BCUT2D eigenvalue weighted by Gasteiger charge is 2.32. The molecule has 0 aliphatic carbocycles. The van der Waals surface area contributed by atoms with Gasteiger partial charge < -0.3 is 9.77 Å². The van der Waals surface area contributed by atoms with Crippen LogP contribution in [0.2, 0.25) is 0 Å². The Hall–Kier alpha value is -3.21. The summed E-state index contributed by atoms with van der Waals surface area (Å²) in [7, 11) is -2.27. The van der Waals surface area contributed by atoms with E-state index in [0.29, 0.717) is 16.3 Å². The van der Waals surface area contributed by atoms with Crippen molar-refractivity contribution >= 4 is 31.8 Å². The predicted octanol–water partition coefficient (Wildman–Crippen LogP) is 3.23. The standard InChI is InChI=1S/C19H15F3N4O3S/c1-3-30(28,29)16-13(5-4-11-6-7-26(27)10-14(11)16)17-24-15-8-12(19(20,21)22)9-23-18(15)25(17)2/h4-10H,3H2,1-2H3. The smallest absolute Gasteiger partial charge is 0.417 e. The van der Waals surface area contributed by atoms with Crippen molar-refractivity contribution in [3.8, 4) is 11.4 Å². The molecule has 0 aliphatic heterocycles. The van der Waals surface area contributed by atoms with Gasteiger partial charge in [0.2, 0.25) is 0 Å². The van der Waals surface area contributed by atoms with Crippen molar-refractivity contribution < 1.29 is 26.3 Å². The first-order valence-corrected chi connectivity index (χ1v) is 10.5. The lowest BCUT2D eigenvalue weighted by Gasteiger charge is -2.12. The Labute approximate surface area is 168 Å². The number of alkyl halides is 3. The van der Waals surface area contributed by atoms with Crippen molar-refractivity contribution in [1.29, 1.82) is 0 Å². The van der Waals surface area contributed by atoms with Crippen LogP contribution in [-0.2, 0) is 23.1 Å². The number of aromatic nitrogens is 4. The van der Waals surface area contributed by atoms with Crippen LogP contribution in [-0.4, -0.2) is 28.7 Å². The molecule has 7 nitrogen and oxygen atoms in total. The summed E-state index contributed by atoms with van der Waals surface area (Å²) >= 11 is 0. The lowest BCUT2D eigenvalue weighted by Crippen LogP contribution is -2.24. The van der Waals surface area contributed by atoms with E-state index in [0.717, 1.165) is 12.3 Å². The monoisotopic (exact) mass is 436 g/mol. The average molecular weight is 436 g/mol. The van der Waals surface area contributed by atoms with Crippen molar-refractivity contribution in [2.75, 3.05) is 5.75 Å². The largest absolute Gasteiger partial charge is 0.619 e. The molecule has 3 aromatic heterocycles. The fraction of sp³-hybridized carbons (Fsp3) is 0.211. The second-order valence-corrected chi connectivity index (χ2v) is 8.93. The molecule has 0 radical (unpaired) electrons. The Morgan fingerprint density at radius 2 is 1.97 bits per heavy atom. The maximum atomic E-state index is 13.0. The third kappa shape index (κ3) is 3.15. The van der Waals surface area contributed by atoms with Gasteiger partial charge in [0, 0.05) is 24.9 Å². The van der Waals surface area contributed by atoms with Crippen LogP contribution < -0.4 is 4.73 Å². The lowest BCUT2D eigenvalue weighted by atomic mass is 10.1. The molecule has 156 valence electrons. The molecule has 0 saturated carbocycles. The van der Waals surface area contributed by atoms with Crippen LogP contribution in [0.3, 0.4) is 0 Å². The van der Waals surface area contributed by atoms with Crippen LogP contribution in [0.4, 0.5) is 13.2 Å². The quantitative estimate of drug-likeness (QED) is 0.363. The Morgan fingerprint density at radius 1 is 1.23 bits per heavy atom. The third-order valence-electron chi connectivity index (χ3n) is 4.86. The van der Waals surface area contributed by atoms with E-state index in [1.54, 1.807) is 6.07 Å². The van der Waals surface area contributed by atoms with Crippen LogP contribution in [0.25, 0.3) is 33.3 Å². The number of benzene rings is 1. The van der Waals surface area contributed by atoms with Crippen molar-refractivity contribution in [3.05, 3.63) is 53.6 Å². The van der Waals surface area contributed by atoms with Crippen molar-refractivity contribution in [1.82, 2.24) is 14.5 Å². The molecule has 0 amide bonds. The van der Waals surface area contributed by atoms with Gasteiger partial charge in [0.1, 0.15) is 11.3 Å². The molecule has 30 heavy (non-hydrogen) atoms. The molecule has 0 bridgehead atoms. The molecule has 0 fully saturated rings. The molecule has 4 rings (SSSR count). The van der Waals surface area contributed by atoms with Gasteiger partial charge in [-0.1, -0.05) is 13.0 Å². The van der Waals surface area contributed by atoms with E-state index in [2.05, 4.69) is 9.97 Å². The van der Waals surface area contributed by atoms with Gasteiger partial charge in [-0.3, -0.25) is 0 Å². The Kier molecular flexibility index (Phi) is 4.46. The molecule has 0 spiro atoms. The van der Waals surface area contributed by atoms with Crippen LogP contribution in [0, 0.1) is 5.21 Å². The molecule has 0 aliphatic rings. The number of imidazole rings is 1. The summed E-state index contributed by atoms with van der Waals surface area (Å²) in [5.41, 5.74) is -0.615. The van der Waals surface area contributed by atoms with E-state index in [4.69, 9.17) is 0 Å². The van der Waals surface area contributed by atoms with Crippen LogP contribution in [0.5, 0.6) is 0 Å². The number of nitrogens with zero attached hydrogens (tertiary/aromatic N) is 4. The van der Waals surface area contributed by atoms with Crippen molar-refractivity contribution in [2.24, 2.45) is 7.05 Å². The molecule has 0 saturated heterocycles. The summed E-state index contributed by atoms with van der Waals surface area (Å²) in [6.45, 7) is 1.47. The van der Waals surface area contributed by atoms with E-state index in [1.807, 2.05) is 0 Å². The molecule has 11 heteroatoms. The maximum absolute atomic E-state index is 13.0. The van der Waals surface area contributed by atoms with Crippen LogP contribution in [0.15, 0.2) is 47.8 Å². The fourth-order valence-corrected chi connectivity index (χ4v) is 4.63. The number of rotatable bonds is 3. The molecule has 0 unspecified atom stereocenters. The average Bonchev–Trinajstić information content (AvgIpc) is 3.02. The third-order valence-corrected chi connectivity index (χ3v) is 6.68. The lowest BCUT2D eigenvalue weighted by molar-refractivity contribution is -0.603. The number of fused-ring (bicyclic) bond motifs is 2. The number of hydrogen-bond donors (Lipinski definition) is 0. The van der Waals surface area contributed by atoms with Gasteiger partial charge in [-0.2, -0.15) is 17.9 Å². The highest BCUT2D eigenvalue weighted by molar-refractivity contribution is 7.91. The fourth-order valence-electron chi connectivity index (χ4n) is 3.34. The van der Waals surface area contributed by atoms with Crippen molar-refractivity contribution in [2.45, 2.75) is 18.0 Å². The summed E-state index contributed by atoms with van der Waals surface area (Å²) in [6, 6.07) is 5.53. The molecule has 0 atom stereocenters. The Morgan fingerprint density at radius 3 is 2.63 bits per heavy atom. The van der Waals surface area contributed by atoms with E-state index in [-0.39, 0.29) is 38.6 Å². The number of aryl methyl sites for hydroxylation is 1. The highest BCUT2D eigenvalue weighted by atomic mass is 32.2. The number of pyridine rings is 2. The van der Waals surface area contributed by atoms with Gasteiger partial charge in [-0.05, 0) is 17.5 Å². The maximum Gasteiger partial charge on any atom is 0.417 e. The van der Waals surface area contributed by atoms with Gasteiger partial charge in [0.15, 0.2) is 27.9 Å². The molecule has 4 aromatic rings. The molecular formula is C19H15F3N4O3S. The normalized spacial score (nSPS) is 12.7. The van der Waals surface area contributed by atoms with E-state index < -0.39 is 21.6 Å². The first-order valence-electron chi connectivity index (χ1n) is 8.81. The molecule has 0 N–H and O–H groups in total. The first kappa shape index (κ1) is 20.1. The summed E-state index contributed by atoms with van der Waals surface area (Å²) in [6.07, 6.45) is -1.47. The van der Waals surface area contributed by atoms with Gasteiger partial charge in [-0.15, -0.1) is 0 Å². The van der Waals surface area contributed by atoms with Crippen LogP contribution in [0.1, 0.15) is 12.5 Å². The minimum Gasteiger partial charge on any atom is -0.619 e. The summed E-state index contributed by atoms with van der Waals surface area (Å²) in [5, 5.41) is 12.6. The van der Waals surface area contributed by atoms with E-state index in [1.165, 1.54) is 36.9 Å². The topological polar surface area (TPSA) is 91.8 Å².